The third kappa shape index (κ3) is 9.37. The number of rotatable bonds is 14. The number of halogens is 2. The Kier molecular flexibility index (Phi) is 11.6. The molecule has 10 heteroatoms. The van der Waals surface area contributed by atoms with Crippen LogP contribution in [0, 0.1) is 18.6 Å². The molecule has 7 nitrogen and oxygen atoms in total. The summed E-state index contributed by atoms with van der Waals surface area (Å²) in [5, 5.41) is 3.02. The summed E-state index contributed by atoms with van der Waals surface area (Å²) in [7, 11) is -3.85. The van der Waals surface area contributed by atoms with E-state index in [1.165, 1.54) is 6.07 Å². The Morgan fingerprint density at radius 2 is 1.62 bits per heavy atom. The largest absolute Gasteiger partial charge is 0.352 e. The van der Waals surface area contributed by atoms with Crippen molar-refractivity contribution in [3.8, 4) is 0 Å². The minimum atomic E-state index is -3.85. The lowest BCUT2D eigenvalue weighted by atomic mass is 10.0. The fraction of sp³-hybridized carbons (Fsp3) is 0.375. The van der Waals surface area contributed by atoms with E-state index in [1.807, 2.05) is 75.4 Å². The number of hydrogen-bond acceptors (Lipinski definition) is 4. The van der Waals surface area contributed by atoms with E-state index in [0.29, 0.717) is 6.42 Å². The third-order valence-electron chi connectivity index (χ3n) is 7.05. The molecule has 0 bridgehead atoms. The number of benzene rings is 3. The van der Waals surface area contributed by atoms with Crippen LogP contribution in [0.4, 0.5) is 14.5 Å². The molecule has 2 atom stereocenters. The number of nitrogens with one attached hydrogen (secondary N) is 1. The lowest BCUT2D eigenvalue weighted by Crippen LogP contribution is -2.52. The second-order valence-electron chi connectivity index (χ2n) is 10.6. The minimum absolute atomic E-state index is 0.0321. The quantitative estimate of drug-likeness (QED) is 0.270. The van der Waals surface area contributed by atoms with Crippen LogP contribution in [0.5, 0.6) is 0 Å². The van der Waals surface area contributed by atoms with Crippen molar-refractivity contribution in [1.82, 2.24) is 10.2 Å². The molecule has 0 radical (unpaired) electrons. The van der Waals surface area contributed by atoms with Crippen LogP contribution in [-0.4, -0.2) is 50.0 Å². The number of aryl methyl sites for hydroxylation is 1. The normalized spacial score (nSPS) is 12.8. The molecule has 42 heavy (non-hydrogen) atoms. The Labute approximate surface area is 247 Å². The molecule has 0 saturated heterocycles. The maximum atomic E-state index is 13.9. The van der Waals surface area contributed by atoms with Crippen LogP contribution < -0.4 is 9.62 Å². The van der Waals surface area contributed by atoms with Gasteiger partial charge in [-0.1, -0.05) is 67.1 Å². The molecule has 226 valence electrons. The summed E-state index contributed by atoms with van der Waals surface area (Å²) in [6, 6.07) is 19.1. The summed E-state index contributed by atoms with van der Waals surface area (Å²) in [6.45, 7) is 5.88. The van der Waals surface area contributed by atoms with Crippen molar-refractivity contribution >= 4 is 27.5 Å². The van der Waals surface area contributed by atoms with Crippen molar-refractivity contribution in [3.05, 3.63) is 101 Å². The fourth-order valence-electron chi connectivity index (χ4n) is 4.65. The Balaban J connectivity index is 1.90. The van der Waals surface area contributed by atoms with Gasteiger partial charge in [0.25, 0.3) is 0 Å². The highest BCUT2D eigenvalue weighted by atomic mass is 32.2. The van der Waals surface area contributed by atoms with Gasteiger partial charge in [-0.3, -0.25) is 13.9 Å². The molecule has 0 saturated carbocycles. The van der Waals surface area contributed by atoms with Crippen LogP contribution in [-0.2, 0) is 32.6 Å². The van der Waals surface area contributed by atoms with Gasteiger partial charge < -0.3 is 10.2 Å². The molecule has 2 amide bonds. The highest BCUT2D eigenvalue weighted by Gasteiger charge is 2.31. The third-order valence-corrected chi connectivity index (χ3v) is 8.24. The van der Waals surface area contributed by atoms with Gasteiger partial charge in [0, 0.05) is 38.0 Å². The molecule has 0 aliphatic rings. The molecule has 0 unspecified atom stereocenters. The molecule has 0 aliphatic carbocycles. The molecule has 0 aromatic heterocycles. The van der Waals surface area contributed by atoms with Crippen molar-refractivity contribution in [3.63, 3.8) is 0 Å². The number of nitrogens with zero attached hydrogens (tertiary/aromatic N) is 2. The number of carbonyl (C=O) groups is 2. The van der Waals surface area contributed by atoms with Crippen LogP contribution in [0.15, 0.2) is 72.8 Å². The standard InChI is InChI=1S/C32H39F2N3O4S/c1-5-24(3)35-32(39)30(20-25-12-7-6-8-13-25)36(22-26-14-9-11-23(2)19-26)31(38)15-10-18-37(42(4,40)41)27-16-17-28(33)29(34)21-27/h6-9,11-14,16-17,19,21,24,30H,5,10,15,18,20,22H2,1-4H3,(H,35,39)/t24-,30-/m1/s1. The van der Waals surface area contributed by atoms with Gasteiger partial charge in [-0.2, -0.15) is 0 Å². The van der Waals surface area contributed by atoms with Gasteiger partial charge in [0.1, 0.15) is 6.04 Å². The van der Waals surface area contributed by atoms with Crippen molar-refractivity contribution in [2.45, 2.75) is 65.1 Å². The first-order valence-corrected chi connectivity index (χ1v) is 15.9. The molecular weight excluding hydrogens is 560 g/mol. The van der Waals surface area contributed by atoms with Gasteiger partial charge in [-0.25, -0.2) is 17.2 Å². The Hall–Kier alpha value is -3.79. The van der Waals surface area contributed by atoms with Crippen LogP contribution in [0.2, 0.25) is 0 Å². The lowest BCUT2D eigenvalue weighted by molar-refractivity contribution is -0.141. The van der Waals surface area contributed by atoms with Crippen LogP contribution in [0.25, 0.3) is 0 Å². The first kappa shape index (κ1) is 32.7. The SMILES string of the molecule is CC[C@@H](C)NC(=O)[C@@H](Cc1ccccc1)N(Cc1cccc(C)c1)C(=O)CCCN(c1ccc(F)c(F)c1)S(C)(=O)=O. The zero-order chi connectivity index (χ0) is 30.9. The fourth-order valence-corrected chi connectivity index (χ4v) is 5.60. The Morgan fingerprint density at radius 1 is 0.929 bits per heavy atom. The van der Waals surface area contributed by atoms with E-state index in [0.717, 1.165) is 45.8 Å². The van der Waals surface area contributed by atoms with Crippen molar-refractivity contribution in [2.75, 3.05) is 17.1 Å². The number of anilines is 1. The van der Waals surface area contributed by atoms with E-state index in [9.17, 15) is 26.8 Å². The molecule has 0 aliphatic heterocycles. The van der Waals surface area contributed by atoms with E-state index < -0.39 is 27.7 Å². The minimum Gasteiger partial charge on any atom is -0.352 e. The van der Waals surface area contributed by atoms with Gasteiger partial charge in [0.15, 0.2) is 11.6 Å². The lowest BCUT2D eigenvalue weighted by Gasteiger charge is -2.33. The average molecular weight is 600 g/mol. The Morgan fingerprint density at radius 3 is 2.24 bits per heavy atom. The first-order valence-electron chi connectivity index (χ1n) is 14.0. The van der Waals surface area contributed by atoms with Crippen LogP contribution in [0.1, 0.15) is 49.8 Å². The maximum absolute atomic E-state index is 13.9. The van der Waals surface area contributed by atoms with E-state index in [2.05, 4.69) is 5.32 Å². The van der Waals surface area contributed by atoms with Crippen LogP contribution >= 0.6 is 0 Å². The zero-order valence-corrected chi connectivity index (χ0v) is 25.3. The molecule has 1 N–H and O–H groups in total. The molecule has 0 fully saturated rings. The summed E-state index contributed by atoms with van der Waals surface area (Å²) in [6.07, 6.45) is 2.02. The van der Waals surface area contributed by atoms with Crippen LogP contribution in [0.3, 0.4) is 0 Å². The highest BCUT2D eigenvalue weighted by Crippen LogP contribution is 2.22. The Bertz CT molecular complexity index is 1470. The van der Waals surface area contributed by atoms with Crippen molar-refractivity contribution in [1.29, 1.82) is 0 Å². The summed E-state index contributed by atoms with van der Waals surface area (Å²) in [5.41, 5.74) is 2.73. The molecule has 0 heterocycles. The summed E-state index contributed by atoms with van der Waals surface area (Å²) < 4.78 is 53.3. The van der Waals surface area contributed by atoms with E-state index in [1.54, 1.807) is 4.90 Å². The second-order valence-corrected chi connectivity index (χ2v) is 12.5. The van der Waals surface area contributed by atoms with Crippen molar-refractivity contribution < 1.29 is 26.8 Å². The summed E-state index contributed by atoms with van der Waals surface area (Å²) >= 11 is 0. The zero-order valence-electron chi connectivity index (χ0n) is 24.5. The van der Waals surface area contributed by atoms with Gasteiger partial charge in [0.05, 0.1) is 11.9 Å². The molecule has 3 aromatic carbocycles. The molecule has 3 aromatic rings. The number of carbonyl (C=O) groups excluding carboxylic acids is 2. The van der Waals surface area contributed by atoms with Gasteiger partial charge in [-0.15, -0.1) is 0 Å². The molecule has 0 spiro atoms. The molecule has 3 rings (SSSR count). The monoisotopic (exact) mass is 599 g/mol. The van der Waals surface area contributed by atoms with Gasteiger partial charge in [-0.05, 0) is 49.9 Å². The maximum Gasteiger partial charge on any atom is 0.243 e. The first-order chi connectivity index (χ1) is 19.9. The average Bonchev–Trinajstić information content (AvgIpc) is 2.94. The predicted molar refractivity (Wildman–Crippen MR) is 161 cm³/mol. The number of amides is 2. The van der Waals surface area contributed by atoms with Crippen molar-refractivity contribution in [2.24, 2.45) is 0 Å². The van der Waals surface area contributed by atoms with Gasteiger partial charge >= 0.3 is 0 Å². The topological polar surface area (TPSA) is 86.8 Å². The second kappa shape index (κ2) is 14.9. The summed E-state index contributed by atoms with van der Waals surface area (Å²) in [5.74, 6) is -2.85. The highest BCUT2D eigenvalue weighted by molar-refractivity contribution is 7.92. The van der Waals surface area contributed by atoms with E-state index in [4.69, 9.17) is 0 Å². The molecular formula is C32H39F2N3O4S. The van der Waals surface area contributed by atoms with Gasteiger partial charge in [0.2, 0.25) is 21.8 Å². The van der Waals surface area contributed by atoms with E-state index in [-0.39, 0.29) is 49.5 Å². The number of hydrogen-bond donors (Lipinski definition) is 1. The van der Waals surface area contributed by atoms with E-state index >= 15 is 0 Å². The smallest absolute Gasteiger partial charge is 0.243 e. The predicted octanol–water partition coefficient (Wildman–Crippen LogP) is 5.37. The summed E-state index contributed by atoms with van der Waals surface area (Å²) in [4.78, 5) is 29.0. The number of sulfonamides is 1.